The number of para-hydroxylation sites is 3. The quantitative estimate of drug-likeness (QED) is 0.105. The summed E-state index contributed by atoms with van der Waals surface area (Å²) in [7, 11) is 0. The third-order valence-corrected chi connectivity index (χ3v) is 17.4. The smallest absolute Gasteiger partial charge is 0.135 e. The lowest BCUT2D eigenvalue weighted by Crippen LogP contribution is -2.04. The first kappa shape index (κ1) is 53.6. The van der Waals surface area contributed by atoms with E-state index in [0.29, 0.717) is 5.92 Å². The number of aromatic nitrogens is 3. The van der Waals surface area contributed by atoms with Gasteiger partial charge in [-0.3, -0.25) is 9.13 Å². The van der Waals surface area contributed by atoms with Gasteiger partial charge >= 0.3 is 0 Å². The molecule has 0 unspecified atom stereocenters. The van der Waals surface area contributed by atoms with E-state index in [0.717, 1.165) is 55.7 Å². The van der Waals surface area contributed by atoms with Crippen molar-refractivity contribution in [3.8, 4) is 61.6 Å². The molecule has 11 aromatic carbocycles. The summed E-state index contributed by atoms with van der Waals surface area (Å²) >= 11 is 0. The molecule has 416 valence electrons. The number of furan rings is 1. The zero-order chi connectivity index (χ0) is 58.1. The number of benzene rings is 11. The van der Waals surface area contributed by atoms with Gasteiger partial charge in [0, 0.05) is 54.8 Å². The molecule has 0 spiro atoms. The molecule has 1 aliphatic carbocycles. The molecule has 1 aliphatic rings. The minimum absolute atomic E-state index is 0.708. The Labute approximate surface area is 503 Å². The number of nitrogens with zero attached hydrogens (tertiary/aromatic N) is 3. The standard InChI is InChI=1S/C74H53N3O.C5H8.C3H6/c1-4-16-48(17-5-1)50-30-32-51(33-31-50)52-20-14-21-53(42-52)54-22-15-23-55(43-54)57-34-39-69-64(44-57)61-26-10-12-28-67(61)75(69)60-36-38-63-70(47-60)77(74-73(63)62-27-11-13-29-68(62)76(74)58-24-8-3-9-25-58)59-37-41-72-66(46-59)65-45-56(35-40-71(65)78-72)49-18-6-2-7-19-49;1-3-5-4-2;1-3-2/h2-3,6-15,18-48H,1,4-5,16-17H2;3-5H,1H2,2H3;3H,1H2,2H3/b;5-4-;. The molecular formula is C82H67N3O. The molecule has 0 bridgehead atoms. The summed E-state index contributed by atoms with van der Waals surface area (Å²) < 4.78 is 14.0. The van der Waals surface area contributed by atoms with Crippen LogP contribution in [0.5, 0.6) is 0 Å². The van der Waals surface area contributed by atoms with E-state index in [1.165, 1.54) is 120 Å². The van der Waals surface area contributed by atoms with Gasteiger partial charge in [-0.15, -0.1) is 6.58 Å². The maximum Gasteiger partial charge on any atom is 0.135 e. The first-order valence-corrected chi connectivity index (χ1v) is 30.3. The minimum atomic E-state index is 0.708. The van der Waals surface area contributed by atoms with Gasteiger partial charge in [0.1, 0.15) is 16.8 Å². The van der Waals surface area contributed by atoms with E-state index in [-0.39, 0.29) is 0 Å². The predicted molar refractivity (Wildman–Crippen MR) is 368 cm³/mol. The molecule has 4 heteroatoms. The molecule has 0 aliphatic heterocycles. The van der Waals surface area contributed by atoms with E-state index < -0.39 is 0 Å². The van der Waals surface area contributed by atoms with Crippen LogP contribution >= 0.6 is 0 Å². The van der Waals surface area contributed by atoms with E-state index in [4.69, 9.17) is 4.42 Å². The molecule has 16 rings (SSSR count). The molecular weight excluding hydrogens is 1040 g/mol. The Bertz CT molecular complexity index is 5020. The highest BCUT2D eigenvalue weighted by molar-refractivity contribution is 6.23. The average Bonchev–Trinajstić information content (AvgIpc) is 1.67. The zero-order valence-corrected chi connectivity index (χ0v) is 48.8. The van der Waals surface area contributed by atoms with Crippen molar-refractivity contribution in [2.24, 2.45) is 0 Å². The lowest BCUT2D eigenvalue weighted by atomic mass is 9.83. The van der Waals surface area contributed by atoms with Crippen LogP contribution in [0.3, 0.4) is 0 Å². The zero-order valence-electron chi connectivity index (χ0n) is 48.8. The highest BCUT2D eigenvalue weighted by atomic mass is 16.3. The lowest BCUT2D eigenvalue weighted by molar-refractivity contribution is 0.443. The second kappa shape index (κ2) is 23.3. The van der Waals surface area contributed by atoms with Gasteiger partial charge in [-0.05, 0) is 174 Å². The van der Waals surface area contributed by atoms with Gasteiger partial charge in [-0.2, -0.15) is 0 Å². The molecule has 1 fully saturated rings. The molecule has 0 atom stereocenters. The van der Waals surface area contributed by atoms with Crippen molar-refractivity contribution in [3.63, 3.8) is 0 Å². The lowest BCUT2D eigenvalue weighted by Gasteiger charge is -2.22. The van der Waals surface area contributed by atoms with Crippen LogP contribution in [0.2, 0.25) is 0 Å². The van der Waals surface area contributed by atoms with E-state index in [1.54, 1.807) is 12.2 Å². The van der Waals surface area contributed by atoms with Crippen LogP contribution in [-0.4, -0.2) is 13.7 Å². The van der Waals surface area contributed by atoms with Gasteiger partial charge in [0.25, 0.3) is 0 Å². The monoisotopic (exact) mass is 1110 g/mol. The molecule has 1 saturated carbocycles. The molecule has 0 saturated heterocycles. The fraction of sp³-hybridized carbons (Fsp3) is 0.0976. The summed E-state index contributed by atoms with van der Waals surface area (Å²) in [6.45, 7) is 10.7. The molecule has 4 aromatic heterocycles. The second-order valence-electron chi connectivity index (χ2n) is 22.7. The molecule has 15 aromatic rings. The van der Waals surface area contributed by atoms with Gasteiger partial charge < -0.3 is 8.98 Å². The van der Waals surface area contributed by atoms with Crippen LogP contribution in [0.25, 0.3) is 138 Å². The van der Waals surface area contributed by atoms with Crippen molar-refractivity contribution in [1.82, 2.24) is 13.7 Å². The van der Waals surface area contributed by atoms with Crippen LogP contribution < -0.4 is 0 Å². The minimum Gasteiger partial charge on any atom is -0.456 e. The van der Waals surface area contributed by atoms with Gasteiger partial charge in [0.15, 0.2) is 0 Å². The summed E-state index contributed by atoms with van der Waals surface area (Å²) in [5.74, 6) is 0.708. The predicted octanol–water partition coefficient (Wildman–Crippen LogP) is 23.4. The van der Waals surface area contributed by atoms with Crippen molar-refractivity contribution in [2.45, 2.75) is 51.9 Å². The Morgan fingerprint density at radius 3 is 1.51 bits per heavy atom. The number of rotatable bonds is 9. The SMILES string of the molecule is C=C/C=C\C.C=CC.c1ccc(-c2ccc3oc4ccc(-n5c6cc(-n7c8ccccc8c8cc(-c9cccc(-c%10cccc(-c%11ccc(C%12CCCCC%12)cc%11)c%10)c9)ccc87)ccc6c6c7ccccc7n(-c7ccccc7)c65)cc4c3c2)cc1. The van der Waals surface area contributed by atoms with E-state index >= 15 is 0 Å². The summed E-state index contributed by atoms with van der Waals surface area (Å²) in [5, 5.41) is 8.27. The Morgan fingerprint density at radius 1 is 0.360 bits per heavy atom. The van der Waals surface area contributed by atoms with Crippen LogP contribution in [0, 0.1) is 0 Å². The Balaban J connectivity index is 0.000000772. The fourth-order valence-corrected chi connectivity index (χ4v) is 13.4. The molecule has 4 nitrogen and oxygen atoms in total. The molecule has 0 amide bonds. The van der Waals surface area contributed by atoms with E-state index in [1.807, 2.05) is 26.0 Å². The second-order valence-corrected chi connectivity index (χ2v) is 22.7. The third-order valence-electron chi connectivity index (χ3n) is 17.4. The van der Waals surface area contributed by atoms with Crippen molar-refractivity contribution >= 4 is 76.6 Å². The van der Waals surface area contributed by atoms with Crippen LogP contribution in [0.4, 0.5) is 0 Å². The first-order chi connectivity index (χ1) is 42.5. The topological polar surface area (TPSA) is 27.9 Å². The van der Waals surface area contributed by atoms with Crippen molar-refractivity contribution in [1.29, 1.82) is 0 Å². The summed E-state index contributed by atoms with van der Waals surface area (Å²) in [6.07, 6.45) is 14.1. The molecule has 0 N–H and O–H groups in total. The molecule has 86 heavy (non-hydrogen) atoms. The van der Waals surface area contributed by atoms with Crippen LogP contribution in [-0.2, 0) is 0 Å². The highest BCUT2D eigenvalue weighted by Crippen LogP contribution is 2.45. The van der Waals surface area contributed by atoms with Gasteiger partial charge in [-0.1, -0.05) is 214 Å². The Hall–Kier alpha value is -10.4. The highest BCUT2D eigenvalue weighted by Gasteiger charge is 2.25. The average molecular weight is 1110 g/mol. The Morgan fingerprint density at radius 2 is 0.837 bits per heavy atom. The fourth-order valence-electron chi connectivity index (χ4n) is 13.4. The van der Waals surface area contributed by atoms with Crippen LogP contribution in [0.15, 0.2) is 297 Å². The van der Waals surface area contributed by atoms with Gasteiger partial charge in [0.05, 0.1) is 22.1 Å². The number of allylic oxidation sites excluding steroid dienone is 4. The molecule has 4 heterocycles. The van der Waals surface area contributed by atoms with Crippen LogP contribution in [0.1, 0.15) is 57.4 Å². The van der Waals surface area contributed by atoms with Crippen molar-refractivity contribution in [2.75, 3.05) is 0 Å². The van der Waals surface area contributed by atoms with E-state index in [9.17, 15) is 0 Å². The number of hydrogen-bond acceptors (Lipinski definition) is 1. The summed E-state index contributed by atoms with van der Waals surface area (Å²) in [4.78, 5) is 0. The number of fused-ring (bicyclic) bond motifs is 11. The normalized spacial score (nSPS) is 12.8. The maximum atomic E-state index is 6.56. The first-order valence-electron chi connectivity index (χ1n) is 30.3. The third kappa shape index (κ3) is 9.73. The number of hydrogen-bond donors (Lipinski definition) is 0. The summed E-state index contributed by atoms with van der Waals surface area (Å²) in [6, 6.07) is 94.0. The van der Waals surface area contributed by atoms with Gasteiger partial charge in [0.2, 0.25) is 0 Å². The molecule has 0 radical (unpaired) electrons. The van der Waals surface area contributed by atoms with Gasteiger partial charge in [-0.25, -0.2) is 0 Å². The van der Waals surface area contributed by atoms with Crippen molar-refractivity contribution < 1.29 is 4.42 Å². The maximum absolute atomic E-state index is 6.56. The summed E-state index contributed by atoms with van der Waals surface area (Å²) in [5.41, 5.74) is 22.0. The van der Waals surface area contributed by atoms with E-state index in [2.05, 4.69) is 282 Å². The van der Waals surface area contributed by atoms with Crippen molar-refractivity contribution in [3.05, 3.63) is 298 Å². The largest absolute Gasteiger partial charge is 0.456 e. The Kier molecular flexibility index (Phi) is 14.5.